The third kappa shape index (κ3) is 4.10. The van der Waals surface area contributed by atoms with Crippen molar-refractivity contribution < 1.29 is 9.21 Å². The second-order valence-electron chi connectivity index (χ2n) is 5.67. The van der Waals surface area contributed by atoms with E-state index in [9.17, 15) is 4.79 Å². The molecule has 2 aromatic rings. The van der Waals surface area contributed by atoms with E-state index in [0.717, 1.165) is 27.8 Å². The fourth-order valence-electron chi connectivity index (χ4n) is 2.34. The largest absolute Gasteiger partial charge is 0.466 e. The summed E-state index contributed by atoms with van der Waals surface area (Å²) in [5.74, 6) is 1.91. The lowest BCUT2D eigenvalue weighted by molar-refractivity contribution is 0.237. The van der Waals surface area contributed by atoms with E-state index >= 15 is 0 Å². The Labute approximate surface area is 135 Å². The van der Waals surface area contributed by atoms with E-state index in [2.05, 4.69) is 22.5 Å². The molecule has 0 aliphatic heterocycles. The third-order valence-electron chi connectivity index (χ3n) is 3.52. The highest BCUT2D eigenvalue weighted by atomic mass is 32.1. The number of hydrogen-bond donors (Lipinski definition) is 2. The van der Waals surface area contributed by atoms with Crippen molar-refractivity contribution in [2.45, 2.75) is 46.6 Å². The van der Waals surface area contributed by atoms with Crippen LogP contribution >= 0.6 is 11.3 Å². The summed E-state index contributed by atoms with van der Waals surface area (Å²) in [6, 6.07) is 1.70. The zero-order valence-electron chi connectivity index (χ0n) is 13.7. The Kier molecular flexibility index (Phi) is 5.24. The average Bonchev–Trinajstić information content (AvgIpc) is 3.01. The molecule has 2 atom stereocenters. The molecule has 0 radical (unpaired) electrons. The molecule has 0 aromatic carbocycles. The summed E-state index contributed by atoms with van der Waals surface area (Å²) in [4.78, 5) is 16.5. The Balaban J connectivity index is 1.84. The number of aromatic nitrogens is 1. The molecule has 0 saturated carbocycles. The summed E-state index contributed by atoms with van der Waals surface area (Å²) in [7, 11) is 0. The van der Waals surface area contributed by atoms with E-state index in [1.165, 1.54) is 0 Å². The van der Waals surface area contributed by atoms with Crippen molar-refractivity contribution in [2.24, 2.45) is 0 Å². The zero-order chi connectivity index (χ0) is 16.3. The van der Waals surface area contributed by atoms with Crippen LogP contribution in [0.1, 0.15) is 53.6 Å². The highest BCUT2D eigenvalue weighted by Gasteiger charge is 2.16. The van der Waals surface area contributed by atoms with Gasteiger partial charge in [0.05, 0.1) is 11.0 Å². The molecule has 2 N–H and O–H groups in total. The number of hydrogen-bond acceptors (Lipinski definition) is 4. The molecule has 6 heteroatoms. The number of carbonyl (C=O) groups excluding carboxylic acids is 1. The second kappa shape index (κ2) is 6.96. The van der Waals surface area contributed by atoms with Gasteiger partial charge in [0.1, 0.15) is 11.5 Å². The number of nitrogens with zero attached hydrogens (tertiary/aromatic N) is 1. The Hall–Kier alpha value is -1.82. The first kappa shape index (κ1) is 16.5. The minimum Gasteiger partial charge on any atom is -0.466 e. The van der Waals surface area contributed by atoms with Gasteiger partial charge in [0.25, 0.3) is 0 Å². The molecule has 0 spiro atoms. The van der Waals surface area contributed by atoms with Crippen molar-refractivity contribution in [3.63, 3.8) is 0 Å². The first-order valence-corrected chi connectivity index (χ1v) is 8.28. The average molecular weight is 321 g/mol. The van der Waals surface area contributed by atoms with Gasteiger partial charge in [-0.1, -0.05) is 6.92 Å². The minimum atomic E-state index is -0.175. The molecule has 0 unspecified atom stereocenters. The van der Waals surface area contributed by atoms with E-state index in [-0.39, 0.29) is 18.0 Å². The summed E-state index contributed by atoms with van der Waals surface area (Å²) >= 11 is 1.63. The van der Waals surface area contributed by atoms with Gasteiger partial charge in [-0.05, 0) is 33.8 Å². The second-order valence-corrected chi connectivity index (χ2v) is 6.56. The van der Waals surface area contributed by atoms with Crippen molar-refractivity contribution in [2.75, 3.05) is 6.54 Å². The molecule has 2 amide bonds. The first-order chi connectivity index (χ1) is 10.4. The van der Waals surface area contributed by atoms with Crippen molar-refractivity contribution in [3.8, 4) is 0 Å². The number of aryl methyl sites for hydroxylation is 3. The topological polar surface area (TPSA) is 67.2 Å². The predicted octanol–water partition coefficient (Wildman–Crippen LogP) is 3.83. The minimum absolute atomic E-state index is 0.0881. The lowest BCUT2D eigenvalue weighted by Gasteiger charge is -2.15. The van der Waals surface area contributed by atoms with Crippen LogP contribution in [0, 0.1) is 20.8 Å². The molecular weight excluding hydrogens is 298 g/mol. The maximum absolute atomic E-state index is 12.0. The third-order valence-corrected chi connectivity index (χ3v) is 4.71. The highest BCUT2D eigenvalue weighted by molar-refractivity contribution is 7.09. The molecule has 22 heavy (non-hydrogen) atoms. The maximum Gasteiger partial charge on any atom is 0.315 e. The number of rotatable bonds is 5. The Morgan fingerprint density at radius 1 is 1.36 bits per heavy atom. The number of urea groups is 1. The van der Waals surface area contributed by atoms with E-state index < -0.39 is 0 Å². The van der Waals surface area contributed by atoms with Crippen LogP contribution in [0.5, 0.6) is 0 Å². The van der Waals surface area contributed by atoms with E-state index in [4.69, 9.17) is 4.42 Å². The summed E-state index contributed by atoms with van der Waals surface area (Å²) < 4.78 is 5.50. The van der Waals surface area contributed by atoms with Crippen LogP contribution in [-0.4, -0.2) is 17.6 Å². The smallest absolute Gasteiger partial charge is 0.315 e. The summed E-state index contributed by atoms with van der Waals surface area (Å²) in [6.07, 6.45) is 0. The molecule has 0 aliphatic carbocycles. The highest BCUT2D eigenvalue weighted by Crippen LogP contribution is 2.21. The maximum atomic E-state index is 12.0. The number of nitrogens with one attached hydrogen (secondary N) is 2. The van der Waals surface area contributed by atoms with Gasteiger partial charge < -0.3 is 15.1 Å². The zero-order valence-corrected chi connectivity index (χ0v) is 14.5. The predicted molar refractivity (Wildman–Crippen MR) is 88.4 cm³/mol. The van der Waals surface area contributed by atoms with Crippen molar-refractivity contribution >= 4 is 17.4 Å². The van der Waals surface area contributed by atoms with Gasteiger partial charge >= 0.3 is 6.03 Å². The number of amides is 2. The lowest BCUT2D eigenvalue weighted by atomic mass is 10.1. The van der Waals surface area contributed by atoms with Crippen molar-refractivity contribution in [1.82, 2.24) is 15.6 Å². The Morgan fingerprint density at radius 2 is 2.09 bits per heavy atom. The molecule has 0 bridgehead atoms. The van der Waals surface area contributed by atoms with Crippen LogP contribution < -0.4 is 10.6 Å². The van der Waals surface area contributed by atoms with Crippen molar-refractivity contribution in [1.29, 1.82) is 0 Å². The van der Waals surface area contributed by atoms with Crippen molar-refractivity contribution in [3.05, 3.63) is 39.2 Å². The molecular formula is C16H23N3O2S. The quantitative estimate of drug-likeness (QED) is 0.879. The fourth-order valence-corrected chi connectivity index (χ4v) is 3.19. The Morgan fingerprint density at radius 3 is 2.64 bits per heavy atom. The molecule has 5 nitrogen and oxygen atoms in total. The molecule has 0 fully saturated rings. The fraction of sp³-hybridized carbons (Fsp3) is 0.500. The van der Waals surface area contributed by atoms with Gasteiger partial charge in [-0.15, -0.1) is 11.3 Å². The molecule has 2 aromatic heterocycles. The molecule has 0 saturated heterocycles. The van der Waals surface area contributed by atoms with Gasteiger partial charge in [0.2, 0.25) is 0 Å². The first-order valence-electron chi connectivity index (χ1n) is 7.40. The van der Waals surface area contributed by atoms with Crippen LogP contribution in [0.15, 0.2) is 15.9 Å². The van der Waals surface area contributed by atoms with Gasteiger partial charge in [-0.3, -0.25) is 0 Å². The standard InChI is InChI=1S/C16H23N3O2S/c1-9(15-18-10(2)8-22-15)7-17-16(20)19-12(4)14-6-11(3)21-13(14)5/h6,8-9,12H,7H2,1-5H3,(H2,17,19,20)/t9-,12+/m0/s1. The van der Waals surface area contributed by atoms with Gasteiger partial charge in [-0.25, -0.2) is 9.78 Å². The van der Waals surface area contributed by atoms with Crippen LogP contribution in [-0.2, 0) is 0 Å². The van der Waals surface area contributed by atoms with Crippen LogP contribution in [0.25, 0.3) is 0 Å². The SMILES string of the molecule is Cc1csc([C@@H](C)CNC(=O)N[C@H](C)c2cc(C)oc2C)n1. The van der Waals surface area contributed by atoms with Crippen LogP contribution in [0.3, 0.4) is 0 Å². The van der Waals surface area contributed by atoms with Gasteiger partial charge in [0, 0.05) is 29.1 Å². The number of furan rings is 1. The summed E-state index contributed by atoms with van der Waals surface area (Å²) in [6.45, 7) is 10.4. The number of carbonyl (C=O) groups is 1. The van der Waals surface area contributed by atoms with Gasteiger partial charge in [0.15, 0.2) is 0 Å². The molecule has 2 heterocycles. The Bertz CT molecular complexity index is 648. The van der Waals surface area contributed by atoms with E-state index in [1.807, 2.05) is 39.1 Å². The van der Waals surface area contributed by atoms with E-state index in [1.54, 1.807) is 11.3 Å². The summed E-state index contributed by atoms with van der Waals surface area (Å²) in [5, 5.41) is 8.91. The van der Waals surface area contributed by atoms with Gasteiger partial charge in [-0.2, -0.15) is 0 Å². The monoisotopic (exact) mass is 321 g/mol. The molecule has 2 rings (SSSR count). The normalized spacial score (nSPS) is 13.7. The summed E-state index contributed by atoms with van der Waals surface area (Å²) in [5.41, 5.74) is 2.03. The number of thiazole rings is 1. The molecule has 0 aliphatic rings. The lowest BCUT2D eigenvalue weighted by Crippen LogP contribution is -2.38. The van der Waals surface area contributed by atoms with Crippen LogP contribution in [0.2, 0.25) is 0 Å². The van der Waals surface area contributed by atoms with Crippen LogP contribution in [0.4, 0.5) is 4.79 Å². The molecule has 120 valence electrons. The van der Waals surface area contributed by atoms with E-state index in [0.29, 0.717) is 6.54 Å².